The summed E-state index contributed by atoms with van der Waals surface area (Å²) in [6, 6.07) is 7.11. The first-order valence-corrected chi connectivity index (χ1v) is 7.32. The van der Waals surface area contributed by atoms with E-state index in [4.69, 9.17) is 0 Å². The molecule has 0 aliphatic carbocycles. The molecule has 6 heteroatoms. The van der Waals surface area contributed by atoms with Gasteiger partial charge in [0.15, 0.2) is 5.41 Å². The molecule has 2 heterocycles. The van der Waals surface area contributed by atoms with Crippen LogP contribution >= 0.6 is 22.7 Å². The maximum Gasteiger partial charge on any atom is 0.321 e. The summed E-state index contributed by atoms with van der Waals surface area (Å²) in [5, 5.41) is 22.5. The minimum absolute atomic E-state index is 0.00718. The van der Waals surface area contributed by atoms with Gasteiger partial charge >= 0.3 is 11.9 Å². The lowest BCUT2D eigenvalue weighted by atomic mass is 9.80. The van der Waals surface area contributed by atoms with Gasteiger partial charge in [-0.1, -0.05) is 12.1 Å². The monoisotopic (exact) mass is 296 g/mol. The number of hydrogen-bond acceptors (Lipinski definition) is 4. The van der Waals surface area contributed by atoms with Gasteiger partial charge in [0.1, 0.15) is 0 Å². The number of thiophene rings is 2. The van der Waals surface area contributed by atoms with Gasteiger partial charge in [0.2, 0.25) is 0 Å². The van der Waals surface area contributed by atoms with E-state index in [2.05, 4.69) is 0 Å². The van der Waals surface area contributed by atoms with Gasteiger partial charge in [0.05, 0.1) is 0 Å². The normalized spacial score (nSPS) is 11.4. The van der Waals surface area contributed by atoms with E-state index in [0.717, 1.165) is 9.75 Å². The van der Waals surface area contributed by atoms with E-state index in [0.29, 0.717) is 0 Å². The van der Waals surface area contributed by atoms with Crippen molar-refractivity contribution in [2.24, 2.45) is 5.41 Å². The van der Waals surface area contributed by atoms with Gasteiger partial charge in [-0.25, -0.2) is 0 Å². The number of hydrogen-bond donors (Lipinski definition) is 2. The molecule has 0 spiro atoms. The molecule has 100 valence electrons. The van der Waals surface area contributed by atoms with E-state index in [1.54, 1.807) is 24.3 Å². The fourth-order valence-electron chi connectivity index (χ4n) is 1.88. The van der Waals surface area contributed by atoms with Crippen LogP contribution in [0.4, 0.5) is 0 Å². The van der Waals surface area contributed by atoms with Gasteiger partial charge in [-0.2, -0.15) is 0 Å². The molecular formula is C13H12O4S2. The Bertz CT molecular complexity index is 505. The fraction of sp³-hybridized carbons (Fsp3) is 0.231. The number of carboxylic acids is 2. The zero-order valence-electron chi connectivity index (χ0n) is 9.91. The van der Waals surface area contributed by atoms with Crippen LogP contribution < -0.4 is 0 Å². The highest BCUT2D eigenvalue weighted by molar-refractivity contribution is 7.10. The standard InChI is InChI=1S/C13H12O4S2/c14-11(15)13(12(16)17,7-9-3-1-5-18-9)8-10-4-2-6-19-10/h1-6H,7-8H2,(H,14,15)(H,16,17). The first kappa shape index (κ1) is 13.8. The second kappa shape index (κ2) is 5.54. The van der Waals surface area contributed by atoms with Crippen LogP contribution in [-0.2, 0) is 22.4 Å². The lowest BCUT2D eigenvalue weighted by Crippen LogP contribution is -2.43. The predicted octanol–water partition coefficient (Wildman–Crippen LogP) is 2.75. The summed E-state index contributed by atoms with van der Waals surface area (Å²) >= 11 is 2.75. The highest BCUT2D eigenvalue weighted by atomic mass is 32.1. The Labute approximate surface area is 118 Å². The lowest BCUT2D eigenvalue weighted by molar-refractivity contribution is -0.164. The summed E-state index contributed by atoms with van der Waals surface area (Å²) in [6.45, 7) is 0. The zero-order valence-corrected chi connectivity index (χ0v) is 11.5. The molecule has 0 fully saturated rings. The number of rotatable bonds is 6. The lowest BCUT2D eigenvalue weighted by Gasteiger charge is -2.23. The molecule has 0 radical (unpaired) electrons. The summed E-state index contributed by atoms with van der Waals surface area (Å²) in [5.41, 5.74) is -1.80. The van der Waals surface area contributed by atoms with Crippen molar-refractivity contribution in [2.45, 2.75) is 12.8 Å². The molecule has 2 N–H and O–H groups in total. The molecule has 0 aromatic carbocycles. The predicted molar refractivity (Wildman–Crippen MR) is 73.8 cm³/mol. The maximum atomic E-state index is 11.5. The quantitative estimate of drug-likeness (QED) is 0.804. The van der Waals surface area contributed by atoms with Crippen molar-refractivity contribution in [2.75, 3.05) is 0 Å². The molecule has 0 saturated heterocycles. The van der Waals surface area contributed by atoms with Crippen LogP contribution in [0, 0.1) is 5.41 Å². The molecule has 0 saturated carbocycles. The highest BCUT2D eigenvalue weighted by Crippen LogP contribution is 2.32. The van der Waals surface area contributed by atoms with Crippen LogP contribution in [-0.4, -0.2) is 22.2 Å². The Balaban J connectivity index is 2.35. The summed E-state index contributed by atoms with van der Waals surface area (Å²) < 4.78 is 0. The molecular weight excluding hydrogens is 284 g/mol. The van der Waals surface area contributed by atoms with Crippen LogP contribution in [0.1, 0.15) is 9.75 Å². The number of aliphatic carboxylic acids is 2. The van der Waals surface area contributed by atoms with Gasteiger partial charge in [-0.3, -0.25) is 9.59 Å². The van der Waals surface area contributed by atoms with E-state index in [9.17, 15) is 19.8 Å². The Hall–Kier alpha value is -1.66. The average Bonchev–Trinajstić information content (AvgIpc) is 3.00. The molecule has 0 unspecified atom stereocenters. The van der Waals surface area contributed by atoms with Gasteiger partial charge < -0.3 is 10.2 Å². The van der Waals surface area contributed by atoms with Crippen molar-refractivity contribution in [1.29, 1.82) is 0 Å². The van der Waals surface area contributed by atoms with E-state index in [-0.39, 0.29) is 12.8 Å². The molecule has 0 aliphatic heterocycles. The SMILES string of the molecule is O=C(O)C(Cc1cccs1)(Cc1cccs1)C(=O)O. The minimum atomic E-state index is -1.80. The third-order valence-corrected chi connectivity index (χ3v) is 4.68. The van der Waals surface area contributed by atoms with Gasteiger partial charge in [0, 0.05) is 22.6 Å². The van der Waals surface area contributed by atoms with Crippen molar-refractivity contribution < 1.29 is 19.8 Å². The van der Waals surface area contributed by atoms with Gasteiger partial charge in [0.25, 0.3) is 0 Å². The van der Waals surface area contributed by atoms with Crippen molar-refractivity contribution in [3.8, 4) is 0 Å². The van der Waals surface area contributed by atoms with Crippen LogP contribution in [0.2, 0.25) is 0 Å². The van der Waals surface area contributed by atoms with Crippen LogP contribution in [0.15, 0.2) is 35.0 Å². The van der Waals surface area contributed by atoms with Crippen LogP contribution in [0.3, 0.4) is 0 Å². The van der Waals surface area contributed by atoms with Crippen molar-refractivity contribution in [3.63, 3.8) is 0 Å². The van der Waals surface area contributed by atoms with Crippen molar-refractivity contribution >= 4 is 34.6 Å². The second-order valence-electron chi connectivity index (χ2n) is 4.20. The molecule has 19 heavy (non-hydrogen) atoms. The molecule has 2 aromatic rings. The second-order valence-corrected chi connectivity index (χ2v) is 6.27. The molecule has 0 atom stereocenters. The third kappa shape index (κ3) is 2.85. The molecule has 0 aliphatic rings. The van der Waals surface area contributed by atoms with E-state index in [1.165, 1.54) is 22.7 Å². The molecule has 2 rings (SSSR count). The third-order valence-electron chi connectivity index (χ3n) is 2.93. The first-order chi connectivity index (χ1) is 9.04. The smallest absolute Gasteiger partial charge is 0.321 e. The van der Waals surface area contributed by atoms with E-state index in [1.807, 2.05) is 10.8 Å². The van der Waals surface area contributed by atoms with Crippen molar-refractivity contribution in [1.82, 2.24) is 0 Å². The fourth-order valence-corrected chi connectivity index (χ4v) is 3.52. The first-order valence-electron chi connectivity index (χ1n) is 5.56. The van der Waals surface area contributed by atoms with E-state index < -0.39 is 17.4 Å². The molecule has 2 aromatic heterocycles. The van der Waals surface area contributed by atoms with Crippen molar-refractivity contribution in [3.05, 3.63) is 44.8 Å². The van der Waals surface area contributed by atoms with Gasteiger partial charge in [-0.15, -0.1) is 22.7 Å². The molecule has 4 nitrogen and oxygen atoms in total. The minimum Gasteiger partial charge on any atom is -0.480 e. The van der Waals surface area contributed by atoms with Gasteiger partial charge in [-0.05, 0) is 22.9 Å². The summed E-state index contributed by atoms with van der Waals surface area (Å²) in [5.74, 6) is -2.58. The summed E-state index contributed by atoms with van der Waals surface area (Å²) in [6.07, 6.45) is 0.0144. The Kier molecular flexibility index (Phi) is 4.01. The van der Waals surface area contributed by atoms with E-state index >= 15 is 0 Å². The Morgan fingerprint density at radius 1 is 0.947 bits per heavy atom. The zero-order chi connectivity index (χ0) is 13.9. The Morgan fingerprint density at radius 2 is 1.37 bits per heavy atom. The summed E-state index contributed by atoms with van der Waals surface area (Å²) in [4.78, 5) is 24.6. The molecule has 0 bridgehead atoms. The average molecular weight is 296 g/mol. The highest BCUT2D eigenvalue weighted by Gasteiger charge is 2.47. The number of carbonyl (C=O) groups is 2. The largest absolute Gasteiger partial charge is 0.480 e. The maximum absolute atomic E-state index is 11.5. The van der Waals surface area contributed by atoms with Crippen LogP contribution in [0.25, 0.3) is 0 Å². The number of carboxylic acid groups (broad SMARTS) is 2. The topological polar surface area (TPSA) is 74.6 Å². The summed E-state index contributed by atoms with van der Waals surface area (Å²) in [7, 11) is 0. The van der Waals surface area contributed by atoms with Crippen LogP contribution in [0.5, 0.6) is 0 Å². The Morgan fingerprint density at radius 3 is 1.63 bits per heavy atom. The molecule has 0 amide bonds.